The van der Waals surface area contributed by atoms with Crippen molar-refractivity contribution in [3.05, 3.63) is 65.1 Å². The van der Waals surface area contributed by atoms with Crippen LogP contribution in [0, 0.1) is 20.8 Å². The third kappa shape index (κ3) is 2.68. The summed E-state index contributed by atoms with van der Waals surface area (Å²) in [6.45, 7) is 6.01. The van der Waals surface area contributed by atoms with Crippen molar-refractivity contribution in [3.63, 3.8) is 0 Å². The fraction of sp³-hybridized carbons (Fsp3) is 0.167. The highest BCUT2D eigenvalue weighted by molar-refractivity contribution is 6.09. The molecular weight excluding hydrogens is 274 g/mol. The zero-order chi connectivity index (χ0) is 15.7. The molecule has 0 fully saturated rings. The van der Waals surface area contributed by atoms with E-state index in [1.807, 2.05) is 26.8 Å². The van der Waals surface area contributed by atoms with Crippen LogP contribution in [0.2, 0.25) is 0 Å². The summed E-state index contributed by atoms with van der Waals surface area (Å²) in [5, 5.41) is 3.95. The number of carbonyl (C=O) groups excluding carboxylic acids is 1. The normalized spacial score (nSPS) is 10.7. The molecule has 1 amide bonds. The molecule has 0 aliphatic rings. The van der Waals surface area contributed by atoms with Crippen LogP contribution in [0.3, 0.4) is 0 Å². The van der Waals surface area contributed by atoms with Crippen molar-refractivity contribution in [3.8, 4) is 0 Å². The number of aromatic nitrogens is 2. The Labute approximate surface area is 129 Å². The van der Waals surface area contributed by atoms with Crippen molar-refractivity contribution < 1.29 is 4.79 Å². The number of fused-ring (bicyclic) bond motifs is 1. The first-order valence-corrected chi connectivity index (χ1v) is 7.14. The lowest BCUT2D eigenvalue weighted by Crippen LogP contribution is -2.12. The van der Waals surface area contributed by atoms with Gasteiger partial charge in [0.15, 0.2) is 0 Å². The van der Waals surface area contributed by atoms with Crippen molar-refractivity contribution in [2.45, 2.75) is 20.8 Å². The van der Waals surface area contributed by atoms with Crippen LogP contribution >= 0.6 is 0 Å². The average Bonchev–Trinajstić information content (AvgIpc) is 2.49. The fourth-order valence-electron chi connectivity index (χ4n) is 2.61. The lowest BCUT2D eigenvalue weighted by Gasteiger charge is -2.12. The quantitative estimate of drug-likeness (QED) is 0.781. The van der Waals surface area contributed by atoms with Gasteiger partial charge < -0.3 is 5.32 Å². The van der Waals surface area contributed by atoms with Gasteiger partial charge in [0.2, 0.25) is 0 Å². The zero-order valence-corrected chi connectivity index (χ0v) is 12.8. The van der Waals surface area contributed by atoms with Gasteiger partial charge >= 0.3 is 0 Å². The van der Waals surface area contributed by atoms with Crippen LogP contribution in [0.4, 0.5) is 5.69 Å². The average molecular weight is 291 g/mol. The molecule has 1 aromatic carbocycles. The molecule has 0 aliphatic carbocycles. The van der Waals surface area contributed by atoms with E-state index in [1.165, 1.54) is 0 Å². The van der Waals surface area contributed by atoms with Gasteiger partial charge in [-0.3, -0.25) is 14.8 Å². The van der Waals surface area contributed by atoms with Gasteiger partial charge in [0.1, 0.15) is 0 Å². The maximum atomic E-state index is 12.4. The van der Waals surface area contributed by atoms with E-state index < -0.39 is 0 Å². The van der Waals surface area contributed by atoms with Crippen molar-refractivity contribution in [1.82, 2.24) is 9.97 Å². The third-order valence-electron chi connectivity index (χ3n) is 3.57. The molecule has 0 radical (unpaired) electrons. The second kappa shape index (κ2) is 5.56. The van der Waals surface area contributed by atoms with E-state index in [0.717, 1.165) is 33.4 Å². The Kier molecular flexibility index (Phi) is 3.59. The summed E-state index contributed by atoms with van der Waals surface area (Å²) in [5.41, 5.74) is 5.44. The zero-order valence-electron chi connectivity index (χ0n) is 12.8. The Morgan fingerprint density at radius 2 is 1.77 bits per heavy atom. The maximum absolute atomic E-state index is 12.4. The molecule has 3 rings (SSSR count). The summed E-state index contributed by atoms with van der Waals surface area (Å²) in [6, 6.07) is 9.45. The minimum absolute atomic E-state index is 0.145. The van der Waals surface area contributed by atoms with Crippen molar-refractivity contribution in [2.24, 2.45) is 0 Å². The van der Waals surface area contributed by atoms with Gasteiger partial charge in [-0.05, 0) is 50.6 Å². The van der Waals surface area contributed by atoms with Gasteiger partial charge in [-0.25, -0.2) is 0 Å². The van der Waals surface area contributed by atoms with Gasteiger partial charge in [-0.1, -0.05) is 11.6 Å². The summed E-state index contributed by atoms with van der Waals surface area (Å²) >= 11 is 0. The number of amides is 1. The van der Waals surface area contributed by atoms with Gasteiger partial charge in [-0.15, -0.1) is 0 Å². The Bertz CT molecular complexity index is 857. The van der Waals surface area contributed by atoms with Crippen LogP contribution in [0.1, 0.15) is 27.2 Å². The lowest BCUT2D eigenvalue weighted by atomic mass is 10.0. The first-order valence-electron chi connectivity index (χ1n) is 7.14. The molecule has 0 unspecified atom stereocenters. The fourth-order valence-corrected chi connectivity index (χ4v) is 2.61. The van der Waals surface area contributed by atoms with Crippen LogP contribution in [-0.2, 0) is 0 Å². The van der Waals surface area contributed by atoms with Gasteiger partial charge in [0, 0.05) is 29.0 Å². The number of anilines is 1. The Morgan fingerprint density at radius 3 is 2.50 bits per heavy atom. The van der Waals surface area contributed by atoms with E-state index in [-0.39, 0.29) is 5.91 Å². The standard InChI is InChI=1S/C18H17N3O/c1-11-8-12(2)17-15(9-11)16(10-13(3)20-17)21-18(22)14-4-6-19-7-5-14/h4-10H,1-3H3,(H,20,21,22). The predicted octanol–water partition coefficient (Wildman–Crippen LogP) is 3.81. The predicted molar refractivity (Wildman–Crippen MR) is 88.1 cm³/mol. The van der Waals surface area contributed by atoms with E-state index in [4.69, 9.17) is 0 Å². The number of nitrogens with one attached hydrogen (secondary N) is 1. The summed E-state index contributed by atoms with van der Waals surface area (Å²) in [6.07, 6.45) is 3.22. The second-order valence-electron chi connectivity index (χ2n) is 5.48. The second-order valence-corrected chi connectivity index (χ2v) is 5.48. The number of pyridine rings is 2. The Hall–Kier alpha value is -2.75. The SMILES string of the molecule is Cc1cc(C)c2nc(C)cc(NC(=O)c3ccncc3)c2c1. The summed E-state index contributed by atoms with van der Waals surface area (Å²) in [4.78, 5) is 20.9. The maximum Gasteiger partial charge on any atom is 0.255 e. The summed E-state index contributed by atoms with van der Waals surface area (Å²) in [7, 11) is 0. The van der Waals surface area contributed by atoms with Gasteiger partial charge in [0.05, 0.1) is 11.2 Å². The molecule has 4 nitrogen and oxygen atoms in total. The molecule has 110 valence electrons. The topological polar surface area (TPSA) is 54.9 Å². The number of benzene rings is 1. The Balaban J connectivity index is 2.09. The number of carbonyl (C=O) groups is 1. The van der Waals surface area contributed by atoms with Gasteiger partial charge in [0.25, 0.3) is 5.91 Å². The lowest BCUT2D eigenvalue weighted by molar-refractivity contribution is 0.102. The molecule has 2 heterocycles. The monoisotopic (exact) mass is 291 g/mol. The molecule has 0 saturated carbocycles. The summed E-state index contributed by atoms with van der Waals surface area (Å²) < 4.78 is 0. The molecule has 22 heavy (non-hydrogen) atoms. The van der Waals surface area contributed by atoms with Crippen molar-refractivity contribution in [2.75, 3.05) is 5.32 Å². The number of aryl methyl sites for hydroxylation is 3. The molecule has 0 saturated heterocycles. The van der Waals surface area contributed by atoms with E-state index in [2.05, 4.69) is 27.4 Å². The first kappa shape index (κ1) is 14.2. The highest BCUT2D eigenvalue weighted by Crippen LogP contribution is 2.27. The molecule has 0 bridgehead atoms. The van der Waals surface area contributed by atoms with Crippen molar-refractivity contribution in [1.29, 1.82) is 0 Å². The molecule has 4 heteroatoms. The molecule has 0 atom stereocenters. The smallest absolute Gasteiger partial charge is 0.255 e. The number of hydrogen-bond acceptors (Lipinski definition) is 3. The number of hydrogen-bond donors (Lipinski definition) is 1. The molecule has 0 spiro atoms. The largest absolute Gasteiger partial charge is 0.321 e. The van der Waals surface area contributed by atoms with Crippen LogP contribution in [0.15, 0.2) is 42.7 Å². The Morgan fingerprint density at radius 1 is 1.05 bits per heavy atom. The van der Waals surface area contributed by atoms with E-state index in [1.54, 1.807) is 24.5 Å². The number of nitrogens with zero attached hydrogens (tertiary/aromatic N) is 2. The molecule has 2 aromatic heterocycles. The third-order valence-corrected chi connectivity index (χ3v) is 3.57. The molecular formula is C18H17N3O. The highest BCUT2D eigenvalue weighted by Gasteiger charge is 2.11. The van der Waals surface area contributed by atoms with Crippen LogP contribution < -0.4 is 5.32 Å². The van der Waals surface area contributed by atoms with E-state index in [9.17, 15) is 4.79 Å². The molecule has 1 N–H and O–H groups in total. The number of rotatable bonds is 2. The highest BCUT2D eigenvalue weighted by atomic mass is 16.1. The summed E-state index contributed by atoms with van der Waals surface area (Å²) in [5.74, 6) is -0.145. The van der Waals surface area contributed by atoms with Crippen LogP contribution in [-0.4, -0.2) is 15.9 Å². The van der Waals surface area contributed by atoms with Crippen molar-refractivity contribution >= 4 is 22.5 Å². The van der Waals surface area contributed by atoms with Crippen LogP contribution in [0.25, 0.3) is 10.9 Å². The van der Waals surface area contributed by atoms with Crippen LogP contribution in [0.5, 0.6) is 0 Å². The van der Waals surface area contributed by atoms with E-state index in [0.29, 0.717) is 5.56 Å². The van der Waals surface area contributed by atoms with Gasteiger partial charge in [-0.2, -0.15) is 0 Å². The molecule has 3 aromatic rings. The minimum Gasteiger partial charge on any atom is -0.321 e. The minimum atomic E-state index is -0.145. The first-order chi connectivity index (χ1) is 10.5. The molecule has 0 aliphatic heterocycles. The van der Waals surface area contributed by atoms with E-state index >= 15 is 0 Å².